The fraction of sp³-hybridized carbons (Fsp3) is 0.391. The normalized spacial score (nSPS) is 21.5. The van der Waals surface area contributed by atoms with E-state index in [4.69, 9.17) is 39.9 Å². The fourth-order valence-electron chi connectivity index (χ4n) is 4.22. The van der Waals surface area contributed by atoms with E-state index in [1.165, 1.54) is 18.2 Å². The van der Waals surface area contributed by atoms with Crippen LogP contribution in [0.5, 0.6) is 0 Å². The van der Waals surface area contributed by atoms with Crippen molar-refractivity contribution in [1.29, 1.82) is 0 Å². The van der Waals surface area contributed by atoms with Crippen LogP contribution in [0, 0.1) is 5.92 Å². The summed E-state index contributed by atoms with van der Waals surface area (Å²) in [6.45, 7) is 3.81. The van der Waals surface area contributed by atoms with Crippen LogP contribution in [0.2, 0.25) is 10.0 Å². The van der Waals surface area contributed by atoms with E-state index in [2.05, 4.69) is 18.4 Å². The molecule has 32 heavy (non-hydrogen) atoms. The van der Waals surface area contributed by atoms with Gasteiger partial charge in [0.25, 0.3) is 5.91 Å². The van der Waals surface area contributed by atoms with E-state index in [0.29, 0.717) is 26.5 Å². The number of carbonyl (C=O) groups excluding carboxylic acids is 1. The van der Waals surface area contributed by atoms with Crippen molar-refractivity contribution in [3.8, 4) is 5.69 Å². The number of allylic oxidation sites excluding steroid dienone is 4. The van der Waals surface area contributed by atoms with E-state index in [0.717, 1.165) is 36.5 Å². The number of thioether (sulfide) groups is 1. The summed E-state index contributed by atoms with van der Waals surface area (Å²) in [6.07, 6.45) is 11.3. The van der Waals surface area contributed by atoms with Gasteiger partial charge >= 0.3 is 0 Å². The first-order valence-electron chi connectivity index (χ1n) is 10.6. The molecule has 4 rings (SSSR count). The third-order valence-corrected chi connectivity index (χ3v) is 7.42. The molecule has 0 saturated carbocycles. The van der Waals surface area contributed by atoms with Crippen LogP contribution in [0.25, 0.3) is 5.69 Å². The minimum absolute atomic E-state index is 0.0178. The van der Waals surface area contributed by atoms with Crippen LogP contribution in [0.1, 0.15) is 48.3 Å². The Morgan fingerprint density at radius 3 is 2.59 bits per heavy atom. The van der Waals surface area contributed by atoms with Gasteiger partial charge in [0, 0.05) is 29.1 Å². The number of nitrogens with one attached hydrogen (secondary N) is 1. The lowest BCUT2D eigenvalue weighted by Crippen LogP contribution is -2.45. The molecule has 2 aromatic rings. The molecule has 1 N–H and O–H groups in total. The van der Waals surface area contributed by atoms with Crippen molar-refractivity contribution in [3.63, 3.8) is 0 Å². The van der Waals surface area contributed by atoms with E-state index in [1.54, 1.807) is 16.8 Å². The standard InChI is InChI=1S/C23H25Cl3N4OS/c1-14-12-15(24)6-8-17(14)21-22(32-2)20(23(31)28-29-10-4-3-5-11-29)27-30(21)19-9-7-16(25)13-18(19)26/h6-9,12-14,17H,3-5,10-11H2,1-2H3,(H,28,31). The summed E-state index contributed by atoms with van der Waals surface area (Å²) < 4.78 is 1.79. The van der Waals surface area contributed by atoms with Gasteiger partial charge in [0.05, 0.1) is 21.3 Å². The summed E-state index contributed by atoms with van der Waals surface area (Å²) in [4.78, 5) is 14.1. The largest absolute Gasteiger partial charge is 0.287 e. The minimum Gasteiger partial charge on any atom is -0.283 e. The Morgan fingerprint density at radius 2 is 1.94 bits per heavy atom. The van der Waals surface area contributed by atoms with Gasteiger partial charge in [0.2, 0.25) is 0 Å². The number of benzene rings is 1. The Labute approximate surface area is 207 Å². The highest BCUT2D eigenvalue weighted by Crippen LogP contribution is 2.41. The number of amides is 1. The van der Waals surface area contributed by atoms with Crippen LogP contribution in [0.4, 0.5) is 0 Å². The summed E-state index contributed by atoms with van der Waals surface area (Å²) >= 11 is 20.5. The third-order valence-electron chi connectivity index (χ3n) is 5.82. The zero-order chi connectivity index (χ0) is 22.8. The van der Waals surface area contributed by atoms with E-state index in [9.17, 15) is 4.79 Å². The van der Waals surface area contributed by atoms with Gasteiger partial charge in [-0.3, -0.25) is 10.2 Å². The molecule has 1 aromatic carbocycles. The Bertz CT molecular complexity index is 1080. The number of rotatable bonds is 5. The van der Waals surface area contributed by atoms with Gasteiger partial charge in [0.15, 0.2) is 5.69 Å². The molecule has 1 aliphatic heterocycles. The van der Waals surface area contributed by atoms with Crippen molar-refractivity contribution in [2.45, 2.75) is 37.0 Å². The summed E-state index contributed by atoms with van der Waals surface area (Å²) in [7, 11) is 0. The van der Waals surface area contributed by atoms with Crippen LogP contribution in [0.3, 0.4) is 0 Å². The molecule has 170 valence electrons. The third kappa shape index (κ3) is 4.90. The number of carbonyl (C=O) groups is 1. The molecule has 1 fully saturated rings. The van der Waals surface area contributed by atoms with Crippen molar-refractivity contribution in [3.05, 3.63) is 62.9 Å². The molecule has 9 heteroatoms. The van der Waals surface area contributed by atoms with Crippen LogP contribution >= 0.6 is 46.6 Å². The molecule has 2 heterocycles. The zero-order valence-electron chi connectivity index (χ0n) is 17.9. The second-order valence-corrected chi connectivity index (χ2v) is 10.2. The maximum absolute atomic E-state index is 13.3. The first kappa shape index (κ1) is 23.7. The molecule has 2 atom stereocenters. The highest BCUT2D eigenvalue weighted by Gasteiger charge is 2.32. The summed E-state index contributed by atoms with van der Waals surface area (Å²) in [6, 6.07) is 5.29. The maximum Gasteiger partial charge on any atom is 0.287 e. The lowest BCUT2D eigenvalue weighted by molar-refractivity contribution is 0.0741. The van der Waals surface area contributed by atoms with Crippen molar-refractivity contribution in [2.75, 3.05) is 19.3 Å². The van der Waals surface area contributed by atoms with Crippen LogP contribution in [-0.2, 0) is 0 Å². The quantitative estimate of drug-likeness (QED) is 0.469. The van der Waals surface area contributed by atoms with Crippen molar-refractivity contribution < 1.29 is 4.79 Å². The van der Waals surface area contributed by atoms with Crippen molar-refractivity contribution >= 4 is 52.5 Å². The highest BCUT2D eigenvalue weighted by molar-refractivity contribution is 7.98. The Balaban J connectivity index is 1.82. The van der Waals surface area contributed by atoms with Crippen molar-refractivity contribution in [1.82, 2.24) is 20.2 Å². The van der Waals surface area contributed by atoms with Crippen LogP contribution < -0.4 is 5.43 Å². The lowest BCUT2D eigenvalue weighted by atomic mass is 9.87. The average Bonchev–Trinajstić information content (AvgIpc) is 3.13. The SMILES string of the molecule is CSc1c(C(=O)NN2CCCCC2)nn(-c2ccc(Cl)cc2Cl)c1C1C=CC(Cl)=CC1C. The molecular formula is C23H25Cl3N4OS. The molecular weight excluding hydrogens is 487 g/mol. The summed E-state index contributed by atoms with van der Waals surface area (Å²) in [5.41, 5.74) is 5.03. The minimum atomic E-state index is -0.206. The van der Waals surface area contributed by atoms with E-state index in [1.807, 2.05) is 29.5 Å². The Kier molecular flexibility index (Phi) is 7.58. The van der Waals surface area contributed by atoms with Gasteiger partial charge in [-0.25, -0.2) is 9.69 Å². The Morgan fingerprint density at radius 1 is 1.19 bits per heavy atom. The second kappa shape index (κ2) is 10.2. The van der Waals surface area contributed by atoms with E-state index in [-0.39, 0.29) is 17.7 Å². The molecule has 5 nitrogen and oxygen atoms in total. The highest BCUT2D eigenvalue weighted by atomic mass is 35.5. The van der Waals surface area contributed by atoms with Crippen LogP contribution in [-0.4, -0.2) is 40.0 Å². The first-order valence-corrected chi connectivity index (χ1v) is 13.0. The van der Waals surface area contributed by atoms with Gasteiger partial charge in [0.1, 0.15) is 0 Å². The topological polar surface area (TPSA) is 50.2 Å². The summed E-state index contributed by atoms with van der Waals surface area (Å²) in [5.74, 6) is -0.101. The summed E-state index contributed by atoms with van der Waals surface area (Å²) in [5, 5.41) is 8.48. The van der Waals surface area contributed by atoms with Gasteiger partial charge < -0.3 is 0 Å². The number of hydrogen-bond donors (Lipinski definition) is 1. The monoisotopic (exact) mass is 510 g/mol. The zero-order valence-corrected chi connectivity index (χ0v) is 21.0. The number of aromatic nitrogens is 2. The predicted molar refractivity (Wildman–Crippen MR) is 133 cm³/mol. The Hall–Kier alpha value is -1.44. The lowest BCUT2D eigenvalue weighted by Gasteiger charge is -2.26. The maximum atomic E-state index is 13.3. The van der Waals surface area contributed by atoms with E-state index >= 15 is 0 Å². The van der Waals surface area contributed by atoms with Gasteiger partial charge in [-0.15, -0.1) is 11.8 Å². The number of nitrogens with zero attached hydrogens (tertiary/aromatic N) is 3. The number of piperidine rings is 1. The molecule has 1 amide bonds. The smallest absolute Gasteiger partial charge is 0.283 e. The van der Waals surface area contributed by atoms with Gasteiger partial charge in [-0.1, -0.05) is 60.3 Å². The molecule has 1 aliphatic carbocycles. The molecule has 0 spiro atoms. The molecule has 1 saturated heterocycles. The molecule has 0 bridgehead atoms. The molecule has 2 unspecified atom stereocenters. The molecule has 2 aliphatic rings. The number of halogens is 3. The first-order chi connectivity index (χ1) is 15.4. The fourth-order valence-corrected chi connectivity index (χ4v) is 5.74. The second-order valence-electron chi connectivity index (χ2n) is 8.06. The van der Waals surface area contributed by atoms with Crippen LogP contribution in [0.15, 0.2) is 46.4 Å². The average molecular weight is 512 g/mol. The van der Waals surface area contributed by atoms with E-state index < -0.39 is 0 Å². The molecule has 0 radical (unpaired) electrons. The van der Waals surface area contributed by atoms with Crippen molar-refractivity contribution in [2.24, 2.45) is 5.92 Å². The van der Waals surface area contributed by atoms with Gasteiger partial charge in [-0.2, -0.15) is 5.10 Å². The number of hydrazine groups is 1. The van der Waals surface area contributed by atoms with Gasteiger partial charge in [-0.05, 0) is 49.3 Å². The molecule has 1 aromatic heterocycles. The number of hydrogen-bond acceptors (Lipinski definition) is 4. The predicted octanol–water partition coefficient (Wildman–Crippen LogP) is 6.44.